The molecular formula is C27H42. The molecule has 0 heterocycles. The van der Waals surface area contributed by atoms with E-state index in [1.165, 1.54) is 51.4 Å². The number of allylic oxidation sites excluding steroid dienone is 6. The Balaban J connectivity index is 1.51. The maximum atomic E-state index is 2.69. The van der Waals surface area contributed by atoms with Crippen LogP contribution in [0.5, 0.6) is 0 Å². The highest BCUT2D eigenvalue weighted by Crippen LogP contribution is 2.66. The molecule has 0 aromatic rings. The van der Waals surface area contributed by atoms with Crippen LogP contribution in [-0.4, -0.2) is 0 Å². The molecule has 27 heavy (non-hydrogen) atoms. The van der Waals surface area contributed by atoms with Gasteiger partial charge in [-0.2, -0.15) is 0 Å². The van der Waals surface area contributed by atoms with Crippen LogP contribution in [0.25, 0.3) is 0 Å². The summed E-state index contributed by atoms with van der Waals surface area (Å²) in [6.45, 7) is 12.6. The topological polar surface area (TPSA) is 0 Å². The molecule has 2 fully saturated rings. The van der Waals surface area contributed by atoms with Gasteiger partial charge < -0.3 is 0 Å². The Kier molecular flexibility index (Phi) is 5.23. The van der Waals surface area contributed by atoms with Crippen molar-refractivity contribution in [3.05, 3.63) is 36.0 Å². The predicted molar refractivity (Wildman–Crippen MR) is 117 cm³/mol. The third-order valence-corrected chi connectivity index (χ3v) is 9.46. The van der Waals surface area contributed by atoms with Crippen LogP contribution in [0, 0.1) is 46.3 Å². The molecule has 150 valence electrons. The first kappa shape index (κ1) is 19.5. The summed E-state index contributed by atoms with van der Waals surface area (Å²) in [4.78, 5) is 0. The summed E-state index contributed by atoms with van der Waals surface area (Å²) in [6, 6.07) is 0. The van der Waals surface area contributed by atoms with E-state index in [1.54, 1.807) is 5.57 Å². The number of fused-ring (bicyclic) bond motifs is 5. The summed E-state index contributed by atoms with van der Waals surface area (Å²) < 4.78 is 0. The minimum atomic E-state index is 0.399. The van der Waals surface area contributed by atoms with E-state index in [0.717, 1.165) is 35.5 Å². The van der Waals surface area contributed by atoms with Gasteiger partial charge in [-0.25, -0.2) is 0 Å². The number of rotatable bonds is 5. The van der Waals surface area contributed by atoms with Gasteiger partial charge >= 0.3 is 0 Å². The van der Waals surface area contributed by atoms with Crippen LogP contribution in [0.2, 0.25) is 0 Å². The average Bonchev–Trinajstić information content (AvgIpc) is 2.98. The molecule has 0 saturated heterocycles. The van der Waals surface area contributed by atoms with Gasteiger partial charge in [0.25, 0.3) is 0 Å². The Morgan fingerprint density at radius 1 is 1.04 bits per heavy atom. The van der Waals surface area contributed by atoms with Crippen molar-refractivity contribution in [1.82, 2.24) is 0 Å². The molecular weight excluding hydrogens is 324 g/mol. The van der Waals surface area contributed by atoms with Gasteiger partial charge in [-0.15, -0.1) is 0 Å². The highest BCUT2D eigenvalue weighted by Gasteiger charge is 2.57. The SMILES string of the molecule is CC(C)CCCC(C)C1CCC2C3C=CC4=CC=CCC4(C)C3CCC12C. The zero-order chi connectivity index (χ0) is 19.2. The fourth-order valence-electron chi connectivity index (χ4n) is 7.85. The van der Waals surface area contributed by atoms with Gasteiger partial charge in [-0.05, 0) is 84.0 Å². The molecule has 2 saturated carbocycles. The first-order valence-electron chi connectivity index (χ1n) is 11.9. The second kappa shape index (κ2) is 7.23. The van der Waals surface area contributed by atoms with E-state index in [9.17, 15) is 0 Å². The predicted octanol–water partition coefficient (Wildman–Crippen LogP) is 7.97. The van der Waals surface area contributed by atoms with Crippen molar-refractivity contribution < 1.29 is 0 Å². The Morgan fingerprint density at radius 2 is 1.85 bits per heavy atom. The number of hydrogen-bond acceptors (Lipinski definition) is 0. The van der Waals surface area contributed by atoms with Crippen LogP contribution in [-0.2, 0) is 0 Å². The van der Waals surface area contributed by atoms with Crippen molar-refractivity contribution in [2.75, 3.05) is 0 Å². The second-order valence-electron chi connectivity index (χ2n) is 11.4. The van der Waals surface area contributed by atoms with Gasteiger partial charge in [-0.1, -0.05) is 84.3 Å². The van der Waals surface area contributed by atoms with Crippen molar-refractivity contribution in [2.45, 2.75) is 86.0 Å². The fraction of sp³-hybridized carbons (Fsp3) is 0.778. The minimum Gasteiger partial charge on any atom is -0.0836 e. The molecule has 4 aliphatic rings. The van der Waals surface area contributed by atoms with Gasteiger partial charge in [0.05, 0.1) is 0 Å². The van der Waals surface area contributed by atoms with Gasteiger partial charge in [0.1, 0.15) is 0 Å². The van der Waals surface area contributed by atoms with Crippen LogP contribution in [0.4, 0.5) is 0 Å². The van der Waals surface area contributed by atoms with E-state index in [0.29, 0.717) is 10.8 Å². The standard InChI is InChI=1S/C27H42/c1-19(2)9-8-10-20(3)23-14-15-24-22-13-12-21-11-6-7-17-26(21,4)25(22)16-18-27(23,24)5/h6-7,11-13,19-20,22-25H,8-10,14-18H2,1-5H3. The van der Waals surface area contributed by atoms with E-state index in [-0.39, 0.29) is 0 Å². The van der Waals surface area contributed by atoms with E-state index in [2.05, 4.69) is 65.0 Å². The van der Waals surface area contributed by atoms with Crippen molar-refractivity contribution in [1.29, 1.82) is 0 Å². The maximum absolute atomic E-state index is 2.69. The quantitative estimate of drug-likeness (QED) is 0.463. The summed E-state index contributed by atoms with van der Waals surface area (Å²) in [7, 11) is 0. The second-order valence-corrected chi connectivity index (χ2v) is 11.4. The summed E-state index contributed by atoms with van der Waals surface area (Å²) in [5.41, 5.74) is 2.59. The van der Waals surface area contributed by atoms with Gasteiger partial charge in [0.15, 0.2) is 0 Å². The Labute approximate surface area is 168 Å². The van der Waals surface area contributed by atoms with E-state index < -0.39 is 0 Å². The summed E-state index contributed by atoms with van der Waals surface area (Å²) in [5, 5.41) is 0. The molecule has 0 aromatic carbocycles. The van der Waals surface area contributed by atoms with E-state index in [4.69, 9.17) is 0 Å². The Hall–Kier alpha value is -0.780. The summed E-state index contributed by atoms with van der Waals surface area (Å²) in [5.74, 6) is 5.34. The smallest absolute Gasteiger partial charge is 0.000690 e. The average molecular weight is 367 g/mol. The van der Waals surface area contributed by atoms with Gasteiger partial charge in [0, 0.05) is 0 Å². The highest BCUT2D eigenvalue weighted by molar-refractivity contribution is 5.39. The zero-order valence-corrected chi connectivity index (χ0v) is 18.5. The molecule has 7 unspecified atom stereocenters. The molecule has 7 atom stereocenters. The zero-order valence-electron chi connectivity index (χ0n) is 18.5. The van der Waals surface area contributed by atoms with Gasteiger partial charge in [0.2, 0.25) is 0 Å². The lowest BCUT2D eigenvalue weighted by Gasteiger charge is -2.56. The third-order valence-electron chi connectivity index (χ3n) is 9.46. The van der Waals surface area contributed by atoms with Crippen molar-refractivity contribution in [3.63, 3.8) is 0 Å². The molecule has 0 amide bonds. The van der Waals surface area contributed by atoms with Crippen molar-refractivity contribution in [3.8, 4) is 0 Å². The first-order chi connectivity index (χ1) is 12.9. The van der Waals surface area contributed by atoms with Gasteiger partial charge in [-0.3, -0.25) is 0 Å². The highest BCUT2D eigenvalue weighted by atomic mass is 14.6. The molecule has 4 rings (SSSR count). The number of hydrogen-bond donors (Lipinski definition) is 0. The fourth-order valence-corrected chi connectivity index (χ4v) is 7.85. The molecule has 4 aliphatic carbocycles. The van der Waals surface area contributed by atoms with Crippen molar-refractivity contribution >= 4 is 0 Å². The van der Waals surface area contributed by atoms with Crippen LogP contribution in [0.15, 0.2) is 36.0 Å². The molecule has 0 bridgehead atoms. The molecule has 0 nitrogen and oxygen atoms in total. The molecule has 0 N–H and O–H groups in total. The molecule has 0 spiro atoms. The lowest BCUT2D eigenvalue weighted by Crippen LogP contribution is -2.48. The summed E-state index contributed by atoms with van der Waals surface area (Å²) in [6.07, 6.45) is 23.7. The lowest BCUT2D eigenvalue weighted by atomic mass is 9.48. The molecule has 0 radical (unpaired) electrons. The maximum Gasteiger partial charge on any atom is -0.000690 e. The van der Waals surface area contributed by atoms with E-state index in [1.807, 2.05) is 0 Å². The monoisotopic (exact) mass is 366 g/mol. The molecule has 0 aromatic heterocycles. The normalized spacial score (nSPS) is 43.9. The van der Waals surface area contributed by atoms with Crippen molar-refractivity contribution in [2.24, 2.45) is 46.3 Å². The van der Waals surface area contributed by atoms with Crippen LogP contribution in [0.1, 0.15) is 86.0 Å². The molecule has 0 aliphatic heterocycles. The van der Waals surface area contributed by atoms with E-state index >= 15 is 0 Å². The third kappa shape index (κ3) is 3.20. The van der Waals surface area contributed by atoms with Crippen LogP contribution in [0.3, 0.4) is 0 Å². The Bertz CT molecular complexity index is 634. The largest absolute Gasteiger partial charge is 0.0836 e. The van der Waals surface area contributed by atoms with Crippen LogP contribution < -0.4 is 0 Å². The summed E-state index contributed by atoms with van der Waals surface area (Å²) >= 11 is 0. The molecule has 0 heteroatoms. The Morgan fingerprint density at radius 3 is 2.63 bits per heavy atom. The lowest BCUT2D eigenvalue weighted by molar-refractivity contribution is -0.0222. The first-order valence-corrected chi connectivity index (χ1v) is 11.9. The minimum absolute atomic E-state index is 0.399. The van der Waals surface area contributed by atoms with Crippen LogP contribution >= 0.6 is 0 Å².